The molecule has 0 fully saturated rings. The van der Waals surface area contributed by atoms with Crippen LogP contribution >= 0.6 is 11.8 Å². The molecule has 0 spiro atoms. The van der Waals surface area contributed by atoms with Crippen LogP contribution in [-0.2, 0) is 17.1 Å². The standard InChI is InChI=1S/C12H22N4O2S/c1-8(2)5-9(13-3)12(17)14-6-11-15-10(7-19-4)16-18-11/h8-9,13H,5-7H2,1-4H3,(H,14,17)/t9-/m0/s1. The minimum atomic E-state index is -0.186. The molecular weight excluding hydrogens is 264 g/mol. The monoisotopic (exact) mass is 286 g/mol. The number of nitrogens with one attached hydrogen (secondary N) is 2. The van der Waals surface area contributed by atoms with Gasteiger partial charge in [0.2, 0.25) is 11.8 Å². The Morgan fingerprint density at radius 2 is 2.21 bits per heavy atom. The van der Waals surface area contributed by atoms with Crippen LogP contribution in [0.25, 0.3) is 0 Å². The maximum Gasteiger partial charge on any atom is 0.246 e. The third-order valence-electron chi connectivity index (χ3n) is 2.57. The minimum Gasteiger partial charge on any atom is -0.346 e. The Morgan fingerprint density at radius 1 is 1.47 bits per heavy atom. The number of hydrogen-bond acceptors (Lipinski definition) is 6. The second-order valence-corrected chi connectivity index (χ2v) is 5.59. The number of thioether (sulfide) groups is 1. The molecule has 1 heterocycles. The largest absolute Gasteiger partial charge is 0.346 e. The fourth-order valence-electron chi connectivity index (χ4n) is 1.66. The van der Waals surface area contributed by atoms with Crippen LogP contribution < -0.4 is 10.6 Å². The number of carbonyl (C=O) groups excluding carboxylic acids is 1. The molecule has 0 saturated carbocycles. The van der Waals surface area contributed by atoms with Crippen LogP contribution in [0, 0.1) is 5.92 Å². The predicted molar refractivity (Wildman–Crippen MR) is 75.7 cm³/mol. The van der Waals surface area contributed by atoms with E-state index in [1.165, 1.54) is 0 Å². The first kappa shape index (κ1) is 16.0. The van der Waals surface area contributed by atoms with Crippen LogP contribution in [0.1, 0.15) is 32.0 Å². The lowest BCUT2D eigenvalue weighted by atomic mass is 10.0. The molecule has 1 aromatic rings. The third kappa shape index (κ3) is 5.61. The van der Waals surface area contributed by atoms with E-state index in [4.69, 9.17) is 4.52 Å². The molecule has 0 aromatic carbocycles. The van der Waals surface area contributed by atoms with Gasteiger partial charge in [-0.15, -0.1) is 0 Å². The highest BCUT2D eigenvalue weighted by Crippen LogP contribution is 2.06. The van der Waals surface area contributed by atoms with Gasteiger partial charge in [-0.05, 0) is 25.6 Å². The molecule has 7 heteroatoms. The molecule has 1 amide bonds. The maximum absolute atomic E-state index is 11.9. The highest BCUT2D eigenvalue weighted by molar-refractivity contribution is 7.97. The molecule has 0 aliphatic rings. The number of carbonyl (C=O) groups is 1. The second kappa shape index (κ2) is 8.16. The molecule has 1 aromatic heterocycles. The van der Waals surface area contributed by atoms with E-state index in [1.807, 2.05) is 6.26 Å². The number of amides is 1. The third-order valence-corrected chi connectivity index (χ3v) is 3.12. The Balaban J connectivity index is 2.43. The fourth-order valence-corrected chi connectivity index (χ4v) is 2.04. The molecule has 0 unspecified atom stereocenters. The van der Waals surface area contributed by atoms with Crippen molar-refractivity contribution >= 4 is 17.7 Å². The van der Waals surface area contributed by atoms with Gasteiger partial charge in [0.1, 0.15) is 0 Å². The Hall–Kier alpha value is -1.08. The van der Waals surface area contributed by atoms with E-state index in [9.17, 15) is 4.79 Å². The topological polar surface area (TPSA) is 80.0 Å². The van der Waals surface area contributed by atoms with Gasteiger partial charge in [-0.25, -0.2) is 0 Å². The SMILES string of the molecule is CN[C@@H](CC(C)C)C(=O)NCc1nc(CSC)no1. The molecule has 108 valence electrons. The number of aromatic nitrogens is 2. The van der Waals surface area contributed by atoms with Gasteiger partial charge in [0.15, 0.2) is 5.82 Å². The van der Waals surface area contributed by atoms with E-state index in [1.54, 1.807) is 18.8 Å². The summed E-state index contributed by atoms with van der Waals surface area (Å²) in [6.07, 6.45) is 2.77. The Bertz CT molecular complexity index is 395. The Morgan fingerprint density at radius 3 is 2.79 bits per heavy atom. The van der Waals surface area contributed by atoms with E-state index < -0.39 is 0 Å². The normalized spacial score (nSPS) is 12.7. The van der Waals surface area contributed by atoms with Gasteiger partial charge in [-0.1, -0.05) is 19.0 Å². The molecule has 1 atom stereocenters. The Labute approximate surface area is 118 Å². The van der Waals surface area contributed by atoms with Crippen molar-refractivity contribution in [2.75, 3.05) is 13.3 Å². The average Bonchev–Trinajstić information content (AvgIpc) is 2.81. The van der Waals surface area contributed by atoms with Gasteiger partial charge in [-0.3, -0.25) is 4.79 Å². The summed E-state index contributed by atoms with van der Waals surface area (Å²) < 4.78 is 5.05. The summed E-state index contributed by atoms with van der Waals surface area (Å²) in [6.45, 7) is 4.45. The highest BCUT2D eigenvalue weighted by atomic mass is 32.2. The molecule has 1 rings (SSSR count). The van der Waals surface area contributed by atoms with Gasteiger partial charge in [-0.2, -0.15) is 16.7 Å². The summed E-state index contributed by atoms with van der Waals surface area (Å²) in [4.78, 5) is 16.1. The predicted octanol–water partition coefficient (Wildman–Crippen LogP) is 1.18. The first-order chi connectivity index (χ1) is 9.06. The van der Waals surface area contributed by atoms with E-state index in [0.717, 1.165) is 6.42 Å². The summed E-state index contributed by atoms with van der Waals surface area (Å²) in [5.41, 5.74) is 0. The lowest BCUT2D eigenvalue weighted by molar-refractivity contribution is -0.123. The number of likely N-dealkylation sites (N-methyl/N-ethyl adjacent to an activating group) is 1. The van der Waals surface area contributed by atoms with Gasteiger partial charge >= 0.3 is 0 Å². The zero-order valence-corrected chi connectivity index (χ0v) is 12.7. The van der Waals surface area contributed by atoms with Crippen molar-refractivity contribution in [1.29, 1.82) is 0 Å². The average molecular weight is 286 g/mol. The highest BCUT2D eigenvalue weighted by Gasteiger charge is 2.18. The van der Waals surface area contributed by atoms with Crippen molar-refractivity contribution in [2.24, 2.45) is 5.92 Å². The van der Waals surface area contributed by atoms with Gasteiger partial charge in [0.05, 0.1) is 18.3 Å². The van der Waals surface area contributed by atoms with Crippen LogP contribution in [0.2, 0.25) is 0 Å². The summed E-state index contributed by atoms with van der Waals surface area (Å²) in [5, 5.41) is 9.64. The number of hydrogen-bond donors (Lipinski definition) is 2. The van der Waals surface area contributed by atoms with Crippen molar-refractivity contribution in [3.63, 3.8) is 0 Å². The summed E-state index contributed by atoms with van der Waals surface area (Å²) in [6, 6.07) is -0.186. The molecule has 0 aliphatic heterocycles. The van der Waals surface area contributed by atoms with Crippen molar-refractivity contribution in [3.05, 3.63) is 11.7 Å². The smallest absolute Gasteiger partial charge is 0.246 e. The Kier molecular flexibility index (Phi) is 6.86. The molecule has 0 saturated heterocycles. The van der Waals surface area contributed by atoms with Crippen molar-refractivity contribution in [2.45, 2.75) is 38.6 Å². The molecular formula is C12H22N4O2S. The van der Waals surface area contributed by atoms with E-state index in [-0.39, 0.29) is 18.5 Å². The molecule has 2 N–H and O–H groups in total. The molecule has 0 aliphatic carbocycles. The minimum absolute atomic E-state index is 0.0409. The van der Waals surface area contributed by atoms with Crippen molar-refractivity contribution in [3.8, 4) is 0 Å². The van der Waals surface area contributed by atoms with Crippen molar-refractivity contribution < 1.29 is 9.32 Å². The van der Waals surface area contributed by atoms with Gasteiger partial charge < -0.3 is 15.2 Å². The summed E-state index contributed by atoms with van der Waals surface area (Å²) in [5.74, 6) is 2.23. The van der Waals surface area contributed by atoms with Gasteiger partial charge in [0.25, 0.3) is 0 Å². The lowest BCUT2D eigenvalue weighted by Gasteiger charge is -2.17. The van der Waals surface area contributed by atoms with E-state index >= 15 is 0 Å². The zero-order valence-electron chi connectivity index (χ0n) is 11.9. The molecule has 0 bridgehead atoms. The summed E-state index contributed by atoms with van der Waals surface area (Å²) >= 11 is 1.63. The van der Waals surface area contributed by atoms with Crippen LogP contribution in [0.3, 0.4) is 0 Å². The zero-order chi connectivity index (χ0) is 14.3. The van der Waals surface area contributed by atoms with Gasteiger partial charge in [0, 0.05) is 0 Å². The van der Waals surface area contributed by atoms with Crippen molar-refractivity contribution in [1.82, 2.24) is 20.8 Å². The van der Waals surface area contributed by atoms with E-state index in [2.05, 4.69) is 34.6 Å². The maximum atomic E-state index is 11.9. The molecule has 19 heavy (non-hydrogen) atoms. The molecule has 0 radical (unpaired) electrons. The number of nitrogens with zero attached hydrogens (tertiary/aromatic N) is 2. The van der Waals surface area contributed by atoms with E-state index in [0.29, 0.717) is 23.4 Å². The molecule has 6 nitrogen and oxygen atoms in total. The first-order valence-electron chi connectivity index (χ1n) is 6.32. The quantitative estimate of drug-likeness (QED) is 0.747. The first-order valence-corrected chi connectivity index (χ1v) is 7.71. The lowest BCUT2D eigenvalue weighted by Crippen LogP contribution is -2.43. The van der Waals surface area contributed by atoms with Crippen LogP contribution in [0.15, 0.2) is 4.52 Å². The van der Waals surface area contributed by atoms with Crippen LogP contribution in [-0.4, -0.2) is 35.4 Å². The second-order valence-electron chi connectivity index (χ2n) is 4.73. The fraction of sp³-hybridized carbons (Fsp3) is 0.750. The van der Waals surface area contributed by atoms with Crippen LogP contribution in [0.5, 0.6) is 0 Å². The summed E-state index contributed by atoms with van der Waals surface area (Å²) in [7, 11) is 1.79. The van der Waals surface area contributed by atoms with Crippen LogP contribution in [0.4, 0.5) is 0 Å². The number of rotatable bonds is 8.